The van der Waals surface area contributed by atoms with E-state index in [1.54, 1.807) is 0 Å². The molecule has 5 heterocycles. The van der Waals surface area contributed by atoms with Gasteiger partial charge in [0.1, 0.15) is 0 Å². The average Bonchev–Trinajstić information content (AvgIpc) is 3.28. The van der Waals surface area contributed by atoms with Gasteiger partial charge in [-0.15, -0.1) is 0 Å². The smallest absolute Gasteiger partial charge is 0.255 e. The molecule has 1 amide bonds. The minimum absolute atomic E-state index is 0.00476. The van der Waals surface area contributed by atoms with Crippen molar-refractivity contribution in [3.05, 3.63) is 71.1 Å². The van der Waals surface area contributed by atoms with E-state index in [1.165, 1.54) is 18.5 Å². The quantitative estimate of drug-likeness (QED) is 0.593. The van der Waals surface area contributed by atoms with E-state index in [4.69, 9.17) is 5.10 Å². The Balaban J connectivity index is 1.43. The van der Waals surface area contributed by atoms with E-state index in [2.05, 4.69) is 61.1 Å². The Morgan fingerprint density at radius 2 is 1.94 bits per heavy atom. The second-order valence-corrected chi connectivity index (χ2v) is 10.2. The summed E-state index contributed by atoms with van der Waals surface area (Å²) in [4.78, 5) is 22.7. The number of aromatic nitrogens is 3. The van der Waals surface area contributed by atoms with Gasteiger partial charge in [0.15, 0.2) is 0 Å². The van der Waals surface area contributed by atoms with Gasteiger partial charge in [-0.25, -0.2) is 4.52 Å². The summed E-state index contributed by atoms with van der Waals surface area (Å²) in [6.07, 6.45) is 17.6. The molecule has 6 heteroatoms. The molecule has 1 fully saturated rings. The van der Waals surface area contributed by atoms with Gasteiger partial charge in [-0.1, -0.05) is 32.9 Å². The van der Waals surface area contributed by atoms with Crippen molar-refractivity contribution in [2.45, 2.75) is 59.8 Å². The highest BCUT2D eigenvalue weighted by molar-refractivity contribution is 5.98. The SMILES string of the molecule is CCCN1CCC(C2=CN3C(=O)C=C(c4cc5c(CC)nc(C)cn5n4)C(C)CC=C3C=C2)CC1. The van der Waals surface area contributed by atoms with E-state index in [0.717, 1.165) is 72.6 Å². The number of aryl methyl sites for hydroxylation is 2. The van der Waals surface area contributed by atoms with E-state index >= 15 is 0 Å². The van der Waals surface area contributed by atoms with Gasteiger partial charge >= 0.3 is 0 Å². The zero-order valence-corrected chi connectivity index (χ0v) is 21.5. The number of allylic oxidation sites excluding steroid dienone is 5. The summed E-state index contributed by atoms with van der Waals surface area (Å²) in [5.74, 6) is 0.715. The van der Waals surface area contributed by atoms with Crippen molar-refractivity contribution < 1.29 is 4.79 Å². The molecule has 0 saturated carbocycles. The third-order valence-corrected chi connectivity index (χ3v) is 7.61. The highest BCUT2D eigenvalue weighted by Crippen LogP contribution is 2.34. The molecule has 1 unspecified atom stereocenters. The minimum Gasteiger partial charge on any atom is -0.303 e. The Hall–Kier alpha value is -2.99. The third kappa shape index (κ3) is 4.76. The molecule has 2 aromatic rings. The van der Waals surface area contributed by atoms with Crippen LogP contribution in [0.15, 0.2) is 54.0 Å². The normalized spacial score (nSPS) is 21.9. The summed E-state index contributed by atoms with van der Waals surface area (Å²) in [6.45, 7) is 12.0. The predicted molar refractivity (Wildman–Crippen MR) is 140 cm³/mol. The molecule has 1 saturated heterocycles. The van der Waals surface area contributed by atoms with E-state index in [-0.39, 0.29) is 11.8 Å². The molecule has 1 atom stereocenters. The number of carbonyl (C=O) groups excluding carboxylic acids is 1. The fourth-order valence-electron chi connectivity index (χ4n) is 5.61. The molecule has 0 aromatic carbocycles. The van der Waals surface area contributed by atoms with Crippen LogP contribution in [0.5, 0.6) is 0 Å². The van der Waals surface area contributed by atoms with E-state index < -0.39 is 0 Å². The zero-order chi connectivity index (χ0) is 24.5. The van der Waals surface area contributed by atoms with Crippen LogP contribution in [0.25, 0.3) is 11.1 Å². The second kappa shape index (κ2) is 9.94. The Morgan fingerprint density at radius 1 is 1.14 bits per heavy atom. The number of fused-ring (bicyclic) bond motifs is 2. The maximum atomic E-state index is 13.6. The second-order valence-electron chi connectivity index (χ2n) is 10.2. The van der Waals surface area contributed by atoms with Crippen molar-refractivity contribution in [1.82, 2.24) is 24.4 Å². The van der Waals surface area contributed by atoms with Crippen molar-refractivity contribution in [3.8, 4) is 0 Å². The number of hydrogen-bond acceptors (Lipinski definition) is 4. The van der Waals surface area contributed by atoms with Crippen LogP contribution >= 0.6 is 0 Å². The van der Waals surface area contributed by atoms with E-state index in [9.17, 15) is 4.79 Å². The number of carbonyl (C=O) groups is 1. The molecular formula is C29H37N5O. The largest absolute Gasteiger partial charge is 0.303 e. The molecular weight excluding hydrogens is 434 g/mol. The molecule has 3 aliphatic rings. The van der Waals surface area contributed by atoms with Crippen LogP contribution in [0.3, 0.4) is 0 Å². The van der Waals surface area contributed by atoms with Crippen LogP contribution in [-0.4, -0.2) is 49.9 Å². The Labute approximate surface area is 208 Å². The molecule has 3 aliphatic heterocycles. The molecule has 5 rings (SSSR count). The maximum Gasteiger partial charge on any atom is 0.255 e. The highest BCUT2D eigenvalue weighted by atomic mass is 16.2. The minimum atomic E-state index is 0.00476. The van der Waals surface area contributed by atoms with Crippen molar-refractivity contribution >= 4 is 17.0 Å². The summed E-state index contributed by atoms with van der Waals surface area (Å²) in [5.41, 5.74) is 7.12. The Bertz CT molecular complexity index is 1240. The van der Waals surface area contributed by atoms with Crippen molar-refractivity contribution in [2.24, 2.45) is 11.8 Å². The monoisotopic (exact) mass is 471 g/mol. The number of piperidine rings is 1. The summed E-state index contributed by atoms with van der Waals surface area (Å²) < 4.78 is 1.92. The van der Waals surface area contributed by atoms with Gasteiger partial charge in [-0.05, 0) is 93.8 Å². The number of hydrogen-bond donors (Lipinski definition) is 0. The Morgan fingerprint density at radius 3 is 2.69 bits per heavy atom. The number of nitrogens with zero attached hydrogens (tertiary/aromatic N) is 5. The number of rotatable bonds is 5. The van der Waals surface area contributed by atoms with Gasteiger partial charge in [0.2, 0.25) is 0 Å². The molecule has 184 valence electrons. The number of amides is 1. The molecule has 2 aromatic heterocycles. The summed E-state index contributed by atoms with van der Waals surface area (Å²) in [6, 6.07) is 2.09. The molecule has 0 aliphatic carbocycles. The molecule has 0 radical (unpaired) electrons. The van der Waals surface area contributed by atoms with Crippen LogP contribution in [0.1, 0.15) is 63.5 Å². The lowest BCUT2D eigenvalue weighted by Crippen LogP contribution is -2.35. The van der Waals surface area contributed by atoms with Crippen LogP contribution < -0.4 is 0 Å². The first-order valence-corrected chi connectivity index (χ1v) is 13.2. The zero-order valence-electron chi connectivity index (χ0n) is 21.5. The van der Waals surface area contributed by atoms with E-state index in [0.29, 0.717) is 5.92 Å². The fraction of sp³-hybridized carbons (Fsp3) is 0.483. The van der Waals surface area contributed by atoms with Crippen LogP contribution in [0.2, 0.25) is 0 Å². The summed E-state index contributed by atoms with van der Waals surface area (Å²) >= 11 is 0. The molecule has 35 heavy (non-hydrogen) atoms. The molecule has 0 spiro atoms. The standard InChI is InChI=1S/C29H37N5O/c1-5-13-32-14-11-22(12-15-32)23-8-10-24-9-7-20(3)25(16-29(35)33(24)19-23)27-17-28-26(6-2)30-21(4)18-34(28)31-27/h8-10,16-20,22H,5-7,11-15H2,1-4H3. The average molecular weight is 472 g/mol. The first-order valence-electron chi connectivity index (χ1n) is 13.2. The fourth-order valence-corrected chi connectivity index (χ4v) is 5.61. The lowest BCUT2D eigenvalue weighted by molar-refractivity contribution is -0.122. The molecule has 6 nitrogen and oxygen atoms in total. The maximum absolute atomic E-state index is 13.6. The van der Waals surface area contributed by atoms with Crippen LogP contribution in [-0.2, 0) is 11.2 Å². The van der Waals surface area contributed by atoms with Crippen molar-refractivity contribution in [1.29, 1.82) is 0 Å². The van der Waals surface area contributed by atoms with Gasteiger partial charge < -0.3 is 4.90 Å². The first kappa shape index (κ1) is 23.7. The van der Waals surface area contributed by atoms with Crippen molar-refractivity contribution in [2.75, 3.05) is 19.6 Å². The lowest BCUT2D eigenvalue weighted by Gasteiger charge is -2.34. The van der Waals surface area contributed by atoms with Gasteiger partial charge in [-0.3, -0.25) is 14.7 Å². The van der Waals surface area contributed by atoms with Gasteiger partial charge in [0, 0.05) is 18.0 Å². The Kier molecular flexibility index (Phi) is 6.74. The lowest BCUT2D eigenvalue weighted by atomic mass is 9.87. The third-order valence-electron chi connectivity index (χ3n) is 7.61. The van der Waals surface area contributed by atoms with Crippen molar-refractivity contribution in [3.63, 3.8) is 0 Å². The molecule has 0 N–H and O–H groups in total. The molecule has 0 bridgehead atoms. The van der Waals surface area contributed by atoms with Crippen LogP contribution in [0.4, 0.5) is 0 Å². The summed E-state index contributed by atoms with van der Waals surface area (Å²) in [7, 11) is 0. The van der Waals surface area contributed by atoms with Crippen LogP contribution in [0, 0.1) is 18.8 Å². The summed E-state index contributed by atoms with van der Waals surface area (Å²) in [5, 5.41) is 4.86. The number of likely N-dealkylation sites (tertiary alicyclic amines) is 1. The van der Waals surface area contributed by atoms with Gasteiger partial charge in [0.25, 0.3) is 5.91 Å². The topological polar surface area (TPSA) is 53.7 Å². The predicted octanol–water partition coefficient (Wildman–Crippen LogP) is 5.31. The van der Waals surface area contributed by atoms with Gasteiger partial charge in [-0.2, -0.15) is 5.10 Å². The van der Waals surface area contributed by atoms with E-state index in [1.807, 2.05) is 28.6 Å². The first-order chi connectivity index (χ1) is 17.0. The highest BCUT2D eigenvalue weighted by Gasteiger charge is 2.27. The van der Waals surface area contributed by atoms with Gasteiger partial charge in [0.05, 0.1) is 28.8 Å².